The highest BCUT2D eigenvalue weighted by Crippen LogP contribution is 2.41. The lowest BCUT2D eigenvalue weighted by Gasteiger charge is -2.30. The van der Waals surface area contributed by atoms with Gasteiger partial charge in [0.2, 0.25) is 0 Å². The highest BCUT2D eigenvalue weighted by molar-refractivity contribution is 5.46. The quantitative estimate of drug-likeness (QED) is 0.823. The largest absolute Gasteiger partial charge is 0.508 e. The summed E-state index contributed by atoms with van der Waals surface area (Å²) < 4.78 is 5.59. The molecule has 102 valence electrons. The molecule has 0 fully saturated rings. The molecule has 0 bridgehead atoms. The lowest BCUT2D eigenvalue weighted by molar-refractivity contribution is 0.0887. The van der Waals surface area contributed by atoms with Crippen molar-refractivity contribution in [3.63, 3.8) is 0 Å². The maximum absolute atomic E-state index is 10.4. The predicted molar refractivity (Wildman–Crippen MR) is 73.2 cm³/mol. The van der Waals surface area contributed by atoms with Crippen molar-refractivity contribution in [3.05, 3.63) is 58.5 Å². The van der Waals surface area contributed by atoms with Crippen molar-refractivity contribution in [2.45, 2.75) is 12.0 Å². The molecule has 0 radical (unpaired) electrons. The van der Waals surface area contributed by atoms with Crippen LogP contribution in [0, 0.1) is 4.91 Å². The smallest absolute Gasteiger partial charge is 0.128 e. The molecule has 2 atom stereocenters. The Morgan fingerprint density at radius 1 is 1.15 bits per heavy atom. The molecule has 20 heavy (non-hydrogen) atoms. The van der Waals surface area contributed by atoms with Gasteiger partial charge < -0.3 is 14.9 Å². The average Bonchev–Trinajstić information content (AvgIpc) is 2.48. The molecule has 2 aromatic carbocycles. The van der Waals surface area contributed by atoms with Gasteiger partial charge >= 0.3 is 0 Å². The zero-order valence-electron chi connectivity index (χ0n) is 10.6. The number of nitrogens with zero attached hydrogens (tertiary/aromatic N) is 1. The molecule has 5 nitrogen and oxygen atoms in total. The fourth-order valence-corrected chi connectivity index (χ4v) is 2.44. The summed E-state index contributed by atoms with van der Waals surface area (Å²) in [5.41, 5.74) is 1.88. The van der Waals surface area contributed by atoms with Gasteiger partial charge in [0.05, 0.1) is 12.7 Å². The van der Waals surface area contributed by atoms with E-state index in [-0.39, 0.29) is 11.7 Å². The van der Waals surface area contributed by atoms with Crippen LogP contribution in [0.4, 0.5) is 5.69 Å². The summed E-state index contributed by atoms with van der Waals surface area (Å²) in [4.78, 5) is 10.4. The third-order valence-corrected chi connectivity index (χ3v) is 3.54. The Morgan fingerprint density at radius 2 is 1.90 bits per heavy atom. The minimum absolute atomic E-state index is 0.107. The number of hydrogen-bond acceptors (Lipinski definition) is 5. The number of aliphatic hydroxyl groups excluding tert-OH is 1. The molecule has 0 spiro atoms. The van der Waals surface area contributed by atoms with E-state index in [1.54, 1.807) is 30.3 Å². The Balaban J connectivity index is 1.92. The van der Waals surface area contributed by atoms with Crippen molar-refractivity contribution >= 4 is 5.69 Å². The van der Waals surface area contributed by atoms with Gasteiger partial charge in [-0.1, -0.05) is 12.1 Å². The number of phenols is 1. The van der Waals surface area contributed by atoms with Crippen molar-refractivity contribution in [2.24, 2.45) is 5.18 Å². The summed E-state index contributed by atoms with van der Waals surface area (Å²) in [6.07, 6.45) is -0.714. The molecule has 2 aromatic rings. The molecule has 1 aliphatic rings. The average molecular weight is 271 g/mol. The molecular formula is C15H13NO4. The van der Waals surface area contributed by atoms with E-state index in [0.29, 0.717) is 23.6 Å². The number of benzene rings is 2. The SMILES string of the molecule is O=Nc1ccc(C2COc3cc(O)ccc3C2O)cc1. The summed E-state index contributed by atoms with van der Waals surface area (Å²) >= 11 is 0. The van der Waals surface area contributed by atoms with Gasteiger partial charge in [0.1, 0.15) is 17.2 Å². The summed E-state index contributed by atoms with van der Waals surface area (Å²) in [6.45, 7) is 0.311. The van der Waals surface area contributed by atoms with E-state index in [1.165, 1.54) is 12.1 Å². The van der Waals surface area contributed by atoms with Crippen LogP contribution in [0.2, 0.25) is 0 Å². The van der Waals surface area contributed by atoms with Gasteiger partial charge in [-0.3, -0.25) is 0 Å². The van der Waals surface area contributed by atoms with Crippen LogP contribution in [-0.4, -0.2) is 16.8 Å². The molecule has 2 N–H and O–H groups in total. The second-order valence-corrected chi connectivity index (χ2v) is 4.77. The molecule has 2 unspecified atom stereocenters. The predicted octanol–water partition coefficient (Wildman–Crippen LogP) is 3.00. The zero-order chi connectivity index (χ0) is 14.1. The van der Waals surface area contributed by atoms with Gasteiger partial charge in [-0.2, -0.15) is 0 Å². The summed E-state index contributed by atoms with van der Waals surface area (Å²) in [5.74, 6) is 0.392. The Hall–Kier alpha value is -2.40. The number of phenolic OH excluding ortho intramolecular Hbond substituents is 1. The fraction of sp³-hybridized carbons (Fsp3) is 0.200. The van der Waals surface area contributed by atoms with Gasteiger partial charge in [-0.25, -0.2) is 0 Å². The number of fused-ring (bicyclic) bond motifs is 1. The van der Waals surface area contributed by atoms with E-state index in [1.807, 2.05) is 0 Å². The van der Waals surface area contributed by atoms with Gasteiger partial charge in [0, 0.05) is 17.5 Å². The molecule has 0 saturated carbocycles. The first kappa shape index (κ1) is 12.6. The third kappa shape index (κ3) is 2.12. The summed E-state index contributed by atoms with van der Waals surface area (Å²) in [6, 6.07) is 11.4. The number of rotatable bonds is 2. The third-order valence-electron chi connectivity index (χ3n) is 3.54. The van der Waals surface area contributed by atoms with Crippen molar-refractivity contribution in [1.29, 1.82) is 0 Å². The molecule has 1 aliphatic heterocycles. The van der Waals surface area contributed by atoms with Crippen LogP contribution in [0.5, 0.6) is 11.5 Å². The molecule has 5 heteroatoms. The van der Waals surface area contributed by atoms with Crippen molar-refractivity contribution in [1.82, 2.24) is 0 Å². The van der Waals surface area contributed by atoms with Crippen molar-refractivity contribution in [2.75, 3.05) is 6.61 Å². The maximum Gasteiger partial charge on any atom is 0.128 e. The van der Waals surface area contributed by atoms with Crippen molar-refractivity contribution in [3.8, 4) is 11.5 Å². The van der Waals surface area contributed by atoms with Crippen LogP contribution < -0.4 is 4.74 Å². The Morgan fingerprint density at radius 3 is 2.60 bits per heavy atom. The van der Waals surface area contributed by atoms with E-state index < -0.39 is 6.10 Å². The molecule has 0 amide bonds. The zero-order valence-corrected chi connectivity index (χ0v) is 10.6. The highest BCUT2D eigenvalue weighted by atomic mass is 16.5. The van der Waals surface area contributed by atoms with Gasteiger partial charge in [-0.15, -0.1) is 4.91 Å². The summed E-state index contributed by atoms with van der Waals surface area (Å²) in [5, 5.41) is 22.7. The number of aromatic hydroxyl groups is 1. The van der Waals surface area contributed by atoms with Gasteiger partial charge in [-0.05, 0) is 35.0 Å². The topological polar surface area (TPSA) is 79.1 Å². The fourth-order valence-electron chi connectivity index (χ4n) is 2.44. The lowest BCUT2D eigenvalue weighted by Crippen LogP contribution is -2.24. The Bertz CT molecular complexity index is 639. The van der Waals surface area contributed by atoms with Crippen LogP contribution in [0.15, 0.2) is 47.6 Å². The highest BCUT2D eigenvalue weighted by Gasteiger charge is 2.30. The number of ether oxygens (including phenoxy) is 1. The van der Waals surface area contributed by atoms with E-state index in [4.69, 9.17) is 4.74 Å². The number of hydrogen-bond donors (Lipinski definition) is 2. The van der Waals surface area contributed by atoms with E-state index in [2.05, 4.69) is 5.18 Å². The monoisotopic (exact) mass is 271 g/mol. The van der Waals surface area contributed by atoms with E-state index >= 15 is 0 Å². The first-order valence-corrected chi connectivity index (χ1v) is 6.26. The first-order valence-electron chi connectivity index (χ1n) is 6.26. The van der Waals surface area contributed by atoms with E-state index in [0.717, 1.165) is 5.56 Å². The second-order valence-electron chi connectivity index (χ2n) is 4.77. The maximum atomic E-state index is 10.4. The second kappa shape index (κ2) is 4.94. The molecule has 0 aliphatic carbocycles. The van der Waals surface area contributed by atoms with Crippen LogP contribution in [-0.2, 0) is 0 Å². The standard InChI is InChI=1S/C15H13NO4/c17-11-5-6-12-14(7-11)20-8-13(15(12)18)9-1-3-10(16-19)4-2-9/h1-7,13,15,17-18H,8H2. The molecule has 3 rings (SSSR count). The van der Waals surface area contributed by atoms with Crippen LogP contribution in [0.1, 0.15) is 23.1 Å². The van der Waals surface area contributed by atoms with Crippen molar-refractivity contribution < 1.29 is 14.9 Å². The Labute approximate surface area is 115 Å². The number of aliphatic hydroxyl groups is 1. The molecule has 0 saturated heterocycles. The number of nitroso groups, excluding NO2 is 1. The summed E-state index contributed by atoms with van der Waals surface area (Å²) in [7, 11) is 0. The minimum atomic E-state index is -0.714. The van der Waals surface area contributed by atoms with Crippen LogP contribution in [0.3, 0.4) is 0 Å². The van der Waals surface area contributed by atoms with Crippen LogP contribution in [0.25, 0.3) is 0 Å². The first-order chi connectivity index (χ1) is 9.69. The van der Waals surface area contributed by atoms with Gasteiger partial charge in [0.25, 0.3) is 0 Å². The molecule has 1 heterocycles. The van der Waals surface area contributed by atoms with E-state index in [9.17, 15) is 15.1 Å². The minimum Gasteiger partial charge on any atom is -0.508 e. The van der Waals surface area contributed by atoms with Crippen LogP contribution >= 0.6 is 0 Å². The molecular weight excluding hydrogens is 258 g/mol. The normalized spacial score (nSPS) is 20.9. The lowest BCUT2D eigenvalue weighted by atomic mass is 9.87. The Kier molecular flexibility index (Phi) is 3.12. The molecule has 0 aromatic heterocycles. The van der Waals surface area contributed by atoms with Gasteiger partial charge in [0.15, 0.2) is 0 Å².